The normalized spacial score (nSPS) is 20.5. The van der Waals surface area contributed by atoms with Crippen molar-refractivity contribution in [2.45, 2.75) is 25.1 Å². The predicted molar refractivity (Wildman–Crippen MR) is 88.5 cm³/mol. The zero-order valence-electron chi connectivity index (χ0n) is 13.5. The smallest absolute Gasteiger partial charge is 0.139 e. The average molecular weight is 324 g/mol. The predicted octanol–water partition coefficient (Wildman–Crippen LogP) is 1.62. The number of imidazole rings is 1. The molecule has 0 bridgehead atoms. The fourth-order valence-corrected chi connectivity index (χ4v) is 3.00. The maximum Gasteiger partial charge on any atom is 0.139 e. The van der Waals surface area contributed by atoms with Gasteiger partial charge >= 0.3 is 0 Å². The van der Waals surface area contributed by atoms with Gasteiger partial charge in [-0.3, -0.25) is 0 Å². The summed E-state index contributed by atoms with van der Waals surface area (Å²) in [5.41, 5.74) is 1.86. The molecule has 1 N–H and O–H groups in total. The molecule has 24 heavy (non-hydrogen) atoms. The highest BCUT2D eigenvalue weighted by molar-refractivity contribution is 5.28. The minimum absolute atomic E-state index is 0.0193. The van der Waals surface area contributed by atoms with Crippen molar-refractivity contribution in [1.29, 1.82) is 0 Å². The van der Waals surface area contributed by atoms with Gasteiger partial charge in [-0.2, -0.15) is 15.0 Å². The van der Waals surface area contributed by atoms with Crippen molar-refractivity contribution in [3.63, 3.8) is 0 Å². The van der Waals surface area contributed by atoms with Gasteiger partial charge in [0.1, 0.15) is 11.9 Å². The van der Waals surface area contributed by atoms with Crippen LogP contribution in [0.15, 0.2) is 48.9 Å². The number of aryl methyl sites for hydroxylation is 1. The molecule has 1 aromatic carbocycles. The van der Waals surface area contributed by atoms with Crippen LogP contribution in [0.5, 0.6) is 0 Å². The van der Waals surface area contributed by atoms with Gasteiger partial charge in [0.15, 0.2) is 0 Å². The van der Waals surface area contributed by atoms with Crippen LogP contribution in [-0.2, 0) is 18.3 Å². The average Bonchev–Trinajstić information content (AvgIpc) is 3.34. The zero-order valence-corrected chi connectivity index (χ0v) is 13.5. The van der Waals surface area contributed by atoms with Gasteiger partial charge in [-0.25, -0.2) is 4.98 Å². The second-order valence-electron chi connectivity index (χ2n) is 5.92. The van der Waals surface area contributed by atoms with Crippen molar-refractivity contribution < 1.29 is 4.74 Å². The van der Waals surface area contributed by atoms with Gasteiger partial charge in [-0.15, -0.1) is 0 Å². The van der Waals surface area contributed by atoms with Crippen molar-refractivity contribution in [3.8, 4) is 5.69 Å². The van der Waals surface area contributed by atoms with Crippen LogP contribution >= 0.6 is 0 Å². The Hall–Kier alpha value is -2.51. The molecule has 7 nitrogen and oxygen atoms in total. The quantitative estimate of drug-likeness (QED) is 0.772. The lowest BCUT2D eigenvalue weighted by molar-refractivity contribution is 0.0892. The summed E-state index contributed by atoms with van der Waals surface area (Å²) in [7, 11) is 1.99. The van der Waals surface area contributed by atoms with E-state index in [1.807, 2.05) is 48.1 Å². The van der Waals surface area contributed by atoms with Gasteiger partial charge in [0.05, 0.1) is 17.6 Å². The molecular formula is C17H20N6O. The molecule has 2 atom stereocenters. The van der Waals surface area contributed by atoms with Crippen LogP contribution < -0.4 is 5.32 Å². The summed E-state index contributed by atoms with van der Waals surface area (Å²) >= 11 is 0. The number of rotatable bonds is 5. The molecule has 0 amide bonds. The highest BCUT2D eigenvalue weighted by atomic mass is 16.5. The first kappa shape index (κ1) is 15.0. The lowest BCUT2D eigenvalue weighted by Crippen LogP contribution is -2.32. The van der Waals surface area contributed by atoms with Crippen LogP contribution in [-0.4, -0.2) is 37.2 Å². The Morgan fingerprint density at radius 1 is 1.29 bits per heavy atom. The largest absolute Gasteiger partial charge is 0.369 e. The molecule has 0 unspecified atom stereocenters. The van der Waals surface area contributed by atoms with E-state index in [-0.39, 0.29) is 12.1 Å². The number of ether oxygens (including phenoxy) is 1. The number of hydrogen-bond acceptors (Lipinski definition) is 5. The molecule has 0 spiro atoms. The summed E-state index contributed by atoms with van der Waals surface area (Å²) in [5.74, 6) is 0.956. The third-order valence-electron chi connectivity index (χ3n) is 4.28. The van der Waals surface area contributed by atoms with Crippen molar-refractivity contribution in [3.05, 3.63) is 60.4 Å². The third kappa shape index (κ3) is 2.95. The van der Waals surface area contributed by atoms with E-state index in [1.54, 1.807) is 17.2 Å². The van der Waals surface area contributed by atoms with Gasteiger partial charge < -0.3 is 14.6 Å². The van der Waals surface area contributed by atoms with E-state index in [0.717, 1.165) is 30.2 Å². The van der Waals surface area contributed by atoms with Gasteiger partial charge in [-0.1, -0.05) is 18.2 Å². The first-order chi connectivity index (χ1) is 11.8. The highest BCUT2D eigenvalue weighted by Gasteiger charge is 2.32. The van der Waals surface area contributed by atoms with Crippen molar-refractivity contribution in [2.75, 3.05) is 6.61 Å². The molecule has 1 aliphatic heterocycles. The summed E-state index contributed by atoms with van der Waals surface area (Å²) in [5, 5.41) is 12.4. The van der Waals surface area contributed by atoms with E-state index in [2.05, 4.69) is 20.5 Å². The first-order valence-electron chi connectivity index (χ1n) is 8.10. The van der Waals surface area contributed by atoms with Gasteiger partial charge in [-0.05, 0) is 18.6 Å². The first-order valence-corrected chi connectivity index (χ1v) is 8.10. The summed E-state index contributed by atoms with van der Waals surface area (Å²) in [6.45, 7) is 1.40. The van der Waals surface area contributed by atoms with Gasteiger partial charge in [0.25, 0.3) is 0 Å². The third-order valence-corrected chi connectivity index (χ3v) is 4.28. The summed E-state index contributed by atoms with van der Waals surface area (Å²) in [4.78, 5) is 6.06. The van der Waals surface area contributed by atoms with Crippen LogP contribution in [0.1, 0.15) is 24.0 Å². The highest BCUT2D eigenvalue weighted by Crippen LogP contribution is 2.27. The summed E-state index contributed by atoms with van der Waals surface area (Å²) < 4.78 is 7.88. The molecule has 3 heterocycles. The standard InChI is InChI=1S/C17H20N6O/c1-22-9-8-18-17(22)16-15(7-10-24-16)19-11-13-12-20-23(21-13)14-5-3-2-4-6-14/h2-6,8-9,12,15-16,19H,7,10-11H2,1H3/t15-,16-/m0/s1. The van der Waals surface area contributed by atoms with E-state index >= 15 is 0 Å². The molecule has 0 radical (unpaired) electrons. The zero-order chi connectivity index (χ0) is 16.4. The number of benzene rings is 1. The Morgan fingerprint density at radius 3 is 2.96 bits per heavy atom. The molecule has 4 rings (SSSR count). The molecule has 7 heteroatoms. The number of nitrogens with zero attached hydrogens (tertiary/aromatic N) is 5. The fourth-order valence-electron chi connectivity index (χ4n) is 3.00. The number of hydrogen-bond donors (Lipinski definition) is 1. The van der Waals surface area contributed by atoms with E-state index < -0.39 is 0 Å². The molecule has 1 saturated heterocycles. The van der Waals surface area contributed by atoms with Crippen molar-refractivity contribution in [2.24, 2.45) is 7.05 Å². The topological polar surface area (TPSA) is 69.8 Å². The van der Waals surface area contributed by atoms with E-state index in [4.69, 9.17) is 4.74 Å². The monoisotopic (exact) mass is 324 g/mol. The molecule has 0 aliphatic carbocycles. The molecule has 1 fully saturated rings. The van der Waals surface area contributed by atoms with Crippen molar-refractivity contribution in [1.82, 2.24) is 29.9 Å². The van der Waals surface area contributed by atoms with Crippen LogP contribution in [0, 0.1) is 0 Å². The maximum atomic E-state index is 5.87. The Kier molecular flexibility index (Phi) is 4.10. The summed E-state index contributed by atoms with van der Waals surface area (Å²) in [6.07, 6.45) is 6.49. The minimum atomic E-state index is -0.0193. The van der Waals surface area contributed by atoms with Crippen LogP contribution in [0.3, 0.4) is 0 Å². The van der Waals surface area contributed by atoms with Gasteiger partial charge in [0, 0.05) is 38.6 Å². The van der Waals surface area contributed by atoms with Crippen LogP contribution in [0.2, 0.25) is 0 Å². The molecule has 3 aromatic rings. The number of aromatic nitrogens is 5. The van der Waals surface area contributed by atoms with E-state index in [0.29, 0.717) is 6.54 Å². The molecule has 0 saturated carbocycles. The minimum Gasteiger partial charge on any atom is -0.369 e. The SMILES string of the molecule is Cn1ccnc1[C@H]1OCC[C@@H]1NCc1cnn(-c2ccccc2)n1. The van der Waals surface area contributed by atoms with Crippen LogP contribution in [0.25, 0.3) is 5.69 Å². The summed E-state index contributed by atoms with van der Waals surface area (Å²) in [6, 6.07) is 10.1. The maximum absolute atomic E-state index is 5.87. The van der Waals surface area contributed by atoms with E-state index in [9.17, 15) is 0 Å². The Labute approximate surface area is 140 Å². The van der Waals surface area contributed by atoms with Crippen LogP contribution in [0.4, 0.5) is 0 Å². The Bertz CT molecular complexity index is 796. The van der Waals surface area contributed by atoms with E-state index in [1.165, 1.54) is 0 Å². The number of para-hydroxylation sites is 1. The lowest BCUT2D eigenvalue weighted by Gasteiger charge is -2.19. The number of nitrogens with one attached hydrogen (secondary N) is 1. The molecule has 124 valence electrons. The lowest BCUT2D eigenvalue weighted by atomic mass is 10.1. The van der Waals surface area contributed by atoms with Crippen molar-refractivity contribution >= 4 is 0 Å². The fraction of sp³-hybridized carbons (Fsp3) is 0.353. The molecule has 1 aliphatic rings. The second kappa shape index (κ2) is 6.54. The Balaban J connectivity index is 1.42. The molecular weight excluding hydrogens is 304 g/mol. The second-order valence-corrected chi connectivity index (χ2v) is 5.92. The van der Waals surface area contributed by atoms with Gasteiger partial charge in [0.2, 0.25) is 0 Å². The molecule has 2 aromatic heterocycles. The Morgan fingerprint density at radius 2 is 2.17 bits per heavy atom.